The average Bonchev–Trinajstić information content (AvgIpc) is 2.73. The fourth-order valence-corrected chi connectivity index (χ4v) is 2.51. The summed E-state index contributed by atoms with van der Waals surface area (Å²) in [6, 6.07) is 1.66. The van der Waals surface area contributed by atoms with Crippen molar-refractivity contribution in [1.29, 1.82) is 0 Å². The third-order valence-corrected chi connectivity index (χ3v) is 3.81. The molecule has 1 aromatic heterocycles. The number of hydrogen-bond donors (Lipinski definition) is 3. The van der Waals surface area contributed by atoms with E-state index in [0.717, 1.165) is 18.3 Å². The van der Waals surface area contributed by atoms with Gasteiger partial charge >= 0.3 is 0 Å². The highest BCUT2D eigenvalue weighted by Crippen LogP contribution is 2.23. The summed E-state index contributed by atoms with van der Waals surface area (Å²) >= 11 is 0. The van der Waals surface area contributed by atoms with Crippen molar-refractivity contribution in [2.45, 2.75) is 11.8 Å². The highest BCUT2D eigenvalue weighted by molar-refractivity contribution is 7.92. The molecule has 0 amide bonds. The molecule has 0 aliphatic carbocycles. The summed E-state index contributed by atoms with van der Waals surface area (Å²) in [5.41, 5.74) is 4.94. The van der Waals surface area contributed by atoms with Crippen LogP contribution in [0.4, 0.5) is 20.3 Å². The summed E-state index contributed by atoms with van der Waals surface area (Å²) < 4.78 is 52.6. The van der Waals surface area contributed by atoms with Crippen molar-refractivity contribution in [3.8, 4) is 0 Å². The van der Waals surface area contributed by atoms with Crippen LogP contribution in [-0.4, -0.2) is 18.6 Å². The maximum Gasteiger partial charge on any atom is 0.267 e. The minimum absolute atomic E-state index is 0.0725. The molecule has 0 saturated heterocycles. The number of rotatable bonds is 3. The third kappa shape index (κ3) is 2.50. The molecule has 6 nitrogen and oxygen atoms in total. The second kappa shape index (κ2) is 4.50. The molecule has 4 N–H and O–H groups in total. The Bertz CT molecular complexity index is 727. The standard InChI is InChI=1S/C10H10F2N4O2S/c1-5-2-7(12)8(3-6(5)11)16-19(17,18)9-4-14-15-10(9)13/h2-4,16H,1H3,(H3,13,14,15). The van der Waals surface area contributed by atoms with Gasteiger partial charge in [-0.3, -0.25) is 9.82 Å². The Morgan fingerprint density at radius 3 is 2.58 bits per heavy atom. The SMILES string of the molecule is Cc1cc(F)c(NS(=O)(=O)c2cn[nH]c2N)cc1F. The number of H-pyrrole nitrogens is 1. The number of hydrogen-bond acceptors (Lipinski definition) is 4. The number of nitrogens with one attached hydrogen (secondary N) is 2. The lowest BCUT2D eigenvalue weighted by Crippen LogP contribution is -2.15. The number of aryl methyl sites for hydroxylation is 1. The van der Waals surface area contributed by atoms with Crippen LogP contribution < -0.4 is 10.5 Å². The van der Waals surface area contributed by atoms with Crippen LogP contribution in [-0.2, 0) is 10.0 Å². The monoisotopic (exact) mass is 288 g/mol. The fourth-order valence-electron chi connectivity index (χ4n) is 1.42. The van der Waals surface area contributed by atoms with Gasteiger partial charge < -0.3 is 5.73 Å². The summed E-state index contributed by atoms with van der Waals surface area (Å²) in [6.45, 7) is 1.37. The van der Waals surface area contributed by atoms with Crippen LogP contribution in [0.3, 0.4) is 0 Å². The van der Waals surface area contributed by atoms with E-state index < -0.39 is 27.3 Å². The highest BCUT2D eigenvalue weighted by atomic mass is 32.2. The van der Waals surface area contributed by atoms with Crippen molar-refractivity contribution >= 4 is 21.5 Å². The van der Waals surface area contributed by atoms with Crippen molar-refractivity contribution in [1.82, 2.24) is 10.2 Å². The Balaban J connectivity index is 2.42. The van der Waals surface area contributed by atoms with Gasteiger partial charge in [-0.1, -0.05) is 0 Å². The second-order valence-electron chi connectivity index (χ2n) is 3.83. The Morgan fingerprint density at radius 2 is 2.00 bits per heavy atom. The lowest BCUT2D eigenvalue weighted by atomic mass is 10.2. The molecular weight excluding hydrogens is 278 g/mol. The number of sulfonamides is 1. The van der Waals surface area contributed by atoms with E-state index in [9.17, 15) is 17.2 Å². The first-order valence-electron chi connectivity index (χ1n) is 5.08. The molecule has 0 atom stereocenters. The zero-order valence-electron chi connectivity index (χ0n) is 9.74. The Labute approximate surface area is 107 Å². The zero-order chi connectivity index (χ0) is 14.2. The third-order valence-electron chi connectivity index (χ3n) is 2.41. The number of nitrogens with zero attached hydrogens (tertiary/aromatic N) is 1. The summed E-state index contributed by atoms with van der Waals surface area (Å²) in [6.07, 6.45) is 0.972. The Kier molecular flexibility index (Phi) is 3.14. The van der Waals surface area contributed by atoms with Crippen LogP contribution in [0.1, 0.15) is 5.56 Å². The normalized spacial score (nSPS) is 11.5. The maximum atomic E-state index is 13.6. The van der Waals surface area contributed by atoms with Crippen molar-refractivity contribution < 1.29 is 17.2 Å². The topological polar surface area (TPSA) is 101 Å². The molecule has 102 valence electrons. The van der Waals surface area contributed by atoms with Gasteiger partial charge in [0.15, 0.2) is 0 Å². The first-order chi connectivity index (χ1) is 8.81. The van der Waals surface area contributed by atoms with Crippen LogP contribution in [0, 0.1) is 18.6 Å². The van der Waals surface area contributed by atoms with E-state index in [-0.39, 0.29) is 16.3 Å². The lowest BCUT2D eigenvalue weighted by Gasteiger charge is -2.09. The van der Waals surface area contributed by atoms with Gasteiger partial charge in [0.1, 0.15) is 22.3 Å². The molecule has 2 aromatic rings. The van der Waals surface area contributed by atoms with E-state index in [0.29, 0.717) is 0 Å². The van der Waals surface area contributed by atoms with Crippen molar-refractivity contribution in [2.24, 2.45) is 0 Å². The van der Waals surface area contributed by atoms with Gasteiger partial charge in [0.05, 0.1) is 11.9 Å². The molecule has 1 aromatic carbocycles. The number of halogens is 2. The van der Waals surface area contributed by atoms with Crippen LogP contribution in [0.2, 0.25) is 0 Å². The molecule has 0 unspecified atom stereocenters. The molecule has 0 saturated carbocycles. The van der Waals surface area contributed by atoms with E-state index >= 15 is 0 Å². The van der Waals surface area contributed by atoms with Crippen molar-refractivity contribution in [2.75, 3.05) is 10.5 Å². The summed E-state index contributed by atoms with van der Waals surface area (Å²) in [5.74, 6) is -1.80. The van der Waals surface area contributed by atoms with Crippen molar-refractivity contribution in [3.63, 3.8) is 0 Å². The summed E-state index contributed by atoms with van der Waals surface area (Å²) in [5, 5.41) is 5.68. The molecule has 0 aliphatic rings. The molecule has 0 radical (unpaired) electrons. The largest absolute Gasteiger partial charge is 0.383 e. The smallest absolute Gasteiger partial charge is 0.267 e. The number of nitrogen functional groups attached to an aromatic ring is 1. The number of anilines is 2. The molecular formula is C10H10F2N4O2S. The van der Waals surface area contributed by atoms with Gasteiger partial charge in [0, 0.05) is 6.07 Å². The molecule has 0 aliphatic heterocycles. The van der Waals surface area contributed by atoms with E-state index in [1.165, 1.54) is 6.92 Å². The second-order valence-corrected chi connectivity index (χ2v) is 5.49. The summed E-state index contributed by atoms with van der Waals surface area (Å²) in [4.78, 5) is -0.340. The van der Waals surface area contributed by atoms with E-state index in [1.807, 2.05) is 4.72 Å². The summed E-state index contributed by atoms with van der Waals surface area (Å²) in [7, 11) is -4.13. The number of aromatic amines is 1. The molecule has 19 heavy (non-hydrogen) atoms. The number of aromatic nitrogens is 2. The number of nitrogens with two attached hydrogens (primary N) is 1. The van der Waals surface area contributed by atoms with Gasteiger partial charge in [0.2, 0.25) is 0 Å². The number of benzene rings is 1. The minimum Gasteiger partial charge on any atom is -0.383 e. The average molecular weight is 288 g/mol. The van der Waals surface area contributed by atoms with Gasteiger partial charge in [-0.2, -0.15) is 5.10 Å². The molecule has 0 spiro atoms. The molecule has 0 fully saturated rings. The van der Waals surface area contributed by atoms with Gasteiger partial charge in [-0.15, -0.1) is 0 Å². The van der Waals surface area contributed by atoms with Crippen LogP contribution in [0.25, 0.3) is 0 Å². The fraction of sp³-hybridized carbons (Fsp3) is 0.100. The quantitative estimate of drug-likeness (QED) is 0.794. The molecule has 2 rings (SSSR count). The molecule has 9 heteroatoms. The Morgan fingerprint density at radius 1 is 1.32 bits per heavy atom. The maximum absolute atomic E-state index is 13.6. The van der Waals surface area contributed by atoms with Gasteiger partial charge in [-0.25, -0.2) is 17.2 Å². The van der Waals surface area contributed by atoms with Gasteiger partial charge in [-0.05, 0) is 18.6 Å². The van der Waals surface area contributed by atoms with Crippen molar-refractivity contribution in [3.05, 3.63) is 35.5 Å². The minimum atomic E-state index is -4.13. The zero-order valence-corrected chi connectivity index (χ0v) is 10.6. The lowest BCUT2D eigenvalue weighted by molar-refractivity contribution is 0.590. The van der Waals surface area contributed by atoms with Gasteiger partial charge in [0.25, 0.3) is 10.0 Å². The molecule has 0 bridgehead atoms. The predicted molar refractivity (Wildman–Crippen MR) is 64.9 cm³/mol. The van der Waals surface area contributed by atoms with E-state index in [2.05, 4.69) is 10.2 Å². The molecule has 1 heterocycles. The first kappa shape index (κ1) is 13.3. The van der Waals surface area contributed by atoms with Crippen LogP contribution in [0.15, 0.2) is 23.2 Å². The van der Waals surface area contributed by atoms with Crippen LogP contribution in [0.5, 0.6) is 0 Å². The Hall–Kier alpha value is -2.16. The highest BCUT2D eigenvalue weighted by Gasteiger charge is 2.21. The van der Waals surface area contributed by atoms with E-state index in [4.69, 9.17) is 5.73 Å². The van der Waals surface area contributed by atoms with E-state index in [1.54, 1.807) is 0 Å². The first-order valence-corrected chi connectivity index (χ1v) is 6.57. The predicted octanol–water partition coefficient (Wildman–Crippen LogP) is 1.38. The van der Waals surface area contributed by atoms with Crippen LogP contribution >= 0.6 is 0 Å².